The van der Waals surface area contributed by atoms with Crippen molar-refractivity contribution in [3.05, 3.63) is 121 Å². The van der Waals surface area contributed by atoms with Gasteiger partial charge in [-0.3, -0.25) is 9.80 Å². The number of carbonyl (C=O) groups is 4. The maximum Gasteiger partial charge on any atom is 3.00 e. The molecule has 0 aliphatic heterocycles. The van der Waals surface area contributed by atoms with Gasteiger partial charge >= 0.3 is 16.8 Å². The van der Waals surface area contributed by atoms with Gasteiger partial charge in [0.15, 0.2) is 0 Å². The molecule has 0 N–H and O–H groups in total. The van der Waals surface area contributed by atoms with Crippen molar-refractivity contribution in [3.63, 3.8) is 0 Å². The van der Waals surface area contributed by atoms with Crippen LogP contribution < -0.4 is 41.6 Å². The quantitative estimate of drug-likeness (QED) is 0.0832. The molecule has 258 valence electrons. The number of carboxylic acids is 4. The van der Waals surface area contributed by atoms with Crippen LogP contribution >= 0.6 is 7.26 Å². The maximum absolute atomic E-state index is 10.5. The van der Waals surface area contributed by atoms with E-state index in [1.54, 1.807) is 0 Å². The molecule has 0 bridgehead atoms. The minimum Gasteiger partial charge on any atom is -0.549 e. The van der Waals surface area contributed by atoms with E-state index >= 15 is 0 Å². The summed E-state index contributed by atoms with van der Waals surface area (Å²) in [4.78, 5) is 44.2. The van der Waals surface area contributed by atoms with Crippen molar-refractivity contribution in [2.75, 3.05) is 39.3 Å². The molecule has 0 aliphatic carbocycles. The summed E-state index contributed by atoms with van der Waals surface area (Å²) in [6, 6.07) is 43.8. The third kappa shape index (κ3) is 13.2. The van der Waals surface area contributed by atoms with E-state index in [0.29, 0.717) is 19.3 Å². The number of rotatable bonds is 18. The second kappa shape index (κ2) is 21.6. The van der Waals surface area contributed by atoms with E-state index in [1.165, 1.54) is 21.2 Å². The molecule has 0 amide bonds. The molecule has 0 fully saturated rings. The zero-order chi connectivity index (χ0) is 34.8. The van der Waals surface area contributed by atoms with Crippen molar-refractivity contribution < 1.29 is 56.4 Å². The van der Waals surface area contributed by atoms with E-state index in [0.717, 1.165) is 9.80 Å². The summed E-state index contributed by atoms with van der Waals surface area (Å²) in [6.07, 6.45) is 1.42. The summed E-state index contributed by atoms with van der Waals surface area (Å²) >= 11 is 0. The van der Waals surface area contributed by atoms with Crippen molar-refractivity contribution in [1.29, 1.82) is 0 Å². The number of unbranched alkanes of at least 4 members (excludes halogenated alkanes) is 2. The Kier molecular flexibility index (Phi) is 17.9. The van der Waals surface area contributed by atoms with Crippen LogP contribution in [0.2, 0.25) is 0 Å². The number of carboxylic acid groups (broad SMARTS) is 4. The van der Waals surface area contributed by atoms with Gasteiger partial charge in [-0.1, -0.05) is 79.2 Å². The fourth-order valence-electron chi connectivity index (χ4n) is 5.51. The topological polar surface area (TPSA) is 167 Å². The maximum atomic E-state index is 10.5. The van der Waals surface area contributed by atoms with E-state index in [9.17, 15) is 39.6 Å². The van der Waals surface area contributed by atoms with Crippen molar-refractivity contribution >= 4 is 52.4 Å². The first-order chi connectivity index (χ1) is 23.1. The van der Waals surface area contributed by atoms with Crippen LogP contribution in [-0.4, -0.2) is 72.9 Å². The molecule has 0 saturated carbocycles. The van der Waals surface area contributed by atoms with Gasteiger partial charge in [-0.2, -0.15) is 0 Å². The molecule has 0 heterocycles. The molecule has 0 radical (unpaired) electrons. The van der Waals surface area contributed by atoms with Crippen molar-refractivity contribution in [2.24, 2.45) is 0 Å². The van der Waals surface area contributed by atoms with E-state index in [4.69, 9.17) is 0 Å². The van der Waals surface area contributed by atoms with Gasteiger partial charge in [0.2, 0.25) is 0 Å². The predicted octanol–water partition coefficient (Wildman–Crippen LogP) is -1.94. The molecule has 0 aromatic heterocycles. The Morgan fingerprint density at radius 2 is 0.633 bits per heavy atom. The third-order valence-corrected chi connectivity index (χ3v) is 11.7. The van der Waals surface area contributed by atoms with Crippen LogP contribution in [0.3, 0.4) is 0 Å². The van der Waals surface area contributed by atoms with E-state index in [2.05, 4.69) is 121 Å². The Morgan fingerprint density at radius 1 is 0.408 bits per heavy atom. The second-order valence-electron chi connectivity index (χ2n) is 11.0. The normalized spacial score (nSPS) is 10.8. The molecule has 4 aromatic rings. The smallest absolute Gasteiger partial charge is 0.549 e. The predicted molar refractivity (Wildman–Crippen MR) is 178 cm³/mol. The minimum absolute atomic E-state index is 0. The van der Waals surface area contributed by atoms with Crippen LogP contribution in [0.25, 0.3) is 0 Å². The zero-order valence-corrected chi connectivity index (χ0v) is 28.8. The average molecular weight is 729 g/mol. The number of benzene rings is 4. The van der Waals surface area contributed by atoms with Gasteiger partial charge in [0, 0.05) is 26.2 Å². The molecule has 12 heteroatoms. The molecule has 0 unspecified atom stereocenters. The standard InChI is InChI=1S/C24H20P.C13H22N2O8.Co/c1-5-13-21(14-6-1)25(22-15-7-2-8-16-22,23-17-9-3-10-18-23)24-19-11-4-12-20-24;16-10(17)6-14(7-11(18)19)4-2-1-3-5-15(8-12(20)21)9-13(22)23;/h1-20H;1-9H2,(H,16,17)(H,18,19)(H,20,21)(H,22,23);/q+1;;+3/p-4. The summed E-state index contributed by atoms with van der Waals surface area (Å²) in [6.45, 7) is -1.76. The fraction of sp³-hybridized carbons (Fsp3) is 0.243. The molecular formula is C37H38CoN2O8P. The SMILES string of the molecule is O=C([O-])CN(CCCCCN(CC(=O)[O-])CC(=O)[O-])CC(=O)[O-].[Co+3].c1ccc([P+](c2ccccc2)(c2ccccc2)c2ccccc2)cc1. The molecule has 4 rings (SSSR count). The van der Waals surface area contributed by atoms with E-state index in [1.807, 2.05) is 0 Å². The van der Waals surface area contributed by atoms with Crippen molar-refractivity contribution in [2.45, 2.75) is 19.3 Å². The van der Waals surface area contributed by atoms with Gasteiger partial charge in [-0.05, 0) is 74.5 Å². The Balaban J connectivity index is 0.000000335. The van der Waals surface area contributed by atoms with Crippen LogP contribution in [0.4, 0.5) is 0 Å². The number of carbonyl (C=O) groups excluding carboxylic acids is 4. The number of nitrogens with zero attached hydrogens (tertiary/aromatic N) is 2. The molecular weight excluding hydrogens is 690 g/mol. The van der Waals surface area contributed by atoms with Crippen LogP contribution in [0, 0.1) is 0 Å². The van der Waals surface area contributed by atoms with Crippen LogP contribution in [0.5, 0.6) is 0 Å². The Bertz CT molecular complexity index is 1350. The van der Waals surface area contributed by atoms with Crippen molar-refractivity contribution in [1.82, 2.24) is 9.80 Å². The second-order valence-corrected chi connectivity index (χ2v) is 14.4. The Morgan fingerprint density at radius 3 is 0.837 bits per heavy atom. The van der Waals surface area contributed by atoms with Gasteiger partial charge in [0.1, 0.15) is 28.5 Å². The van der Waals surface area contributed by atoms with E-state index in [-0.39, 0.29) is 29.9 Å². The minimum atomic E-state index is -1.91. The first-order valence-corrected chi connectivity index (χ1v) is 17.3. The monoisotopic (exact) mass is 728 g/mol. The summed E-state index contributed by atoms with van der Waals surface area (Å²) in [7, 11) is -1.91. The third-order valence-electron chi connectivity index (χ3n) is 7.43. The Hall–Kier alpha value is -4.38. The molecule has 4 aromatic carbocycles. The van der Waals surface area contributed by atoms with Gasteiger partial charge in [-0.15, -0.1) is 0 Å². The van der Waals surface area contributed by atoms with Gasteiger partial charge in [-0.25, -0.2) is 0 Å². The molecule has 0 saturated heterocycles. The zero-order valence-electron chi connectivity index (χ0n) is 26.9. The summed E-state index contributed by atoms with van der Waals surface area (Å²) in [5.41, 5.74) is 0. The average Bonchev–Trinajstić information content (AvgIpc) is 3.06. The number of aliphatic carboxylic acids is 4. The molecule has 10 nitrogen and oxygen atoms in total. The molecule has 49 heavy (non-hydrogen) atoms. The first kappa shape index (κ1) is 40.8. The van der Waals surface area contributed by atoms with Gasteiger partial charge in [0.05, 0.1) is 23.9 Å². The van der Waals surface area contributed by atoms with Crippen molar-refractivity contribution in [3.8, 4) is 0 Å². The molecule has 0 atom stereocenters. The largest absolute Gasteiger partial charge is 3.00 e. The van der Waals surface area contributed by atoms with Crippen LogP contribution in [-0.2, 0) is 36.0 Å². The molecule has 0 aliphatic rings. The van der Waals surface area contributed by atoms with Crippen LogP contribution in [0.15, 0.2) is 121 Å². The van der Waals surface area contributed by atoms with E-state index < -0.39 is 57.3 Å². The van der Waals surface area contributed by atoms with Gasteiger partial charge < -0.3 is 39.6 Å². The number of hydrogen-bond acceptors (Lipinski definition) is 10. The fourth-order valence-corrected chi connectivity index (χ4v) is 9.77. The van der Waals surface area contributed by atoms with Gasteiger partial charge in [0.25, 0.3) is 0 Å². The summed E-state index contributed by atoms with van der Waals surface area (Å²) in [5, 5.41) is 47.5. The summed E-state index contributed by atoms with van der Waals surface area (Å²) < 4.78 is 0. The first-order valence-electron chi connectivity index (χ1n) is 15.5. The summed E-state index contributed by atoms with van der Waals surface area (Å²) in [5.74, 6) is -5.61. The molecule has 0 spiro atoms. The Labute approximate surface area is 297 Å². The van der Waals surface area contributed by atoms with Crippen LogP contribution in [0.1, 0.15) is 19.3 Å². The number of hydrogen-bond donors (Lipinski definition) is 0.